The second-order valence-corrected chi connectivity index (χ2v) is 11.1. The van der Waals surface area contributed by atoms with Gasteiger partial charge in [-0.1, -0.05) is 121 Å². The Balaban J connectivity index is 1.46. The summed E-state index contributed by atoms with van der Waals surface area (Å²) < 4.78 is 39.0. The van der Waals surface area contributed by atoms with E-state index in [1.165, 1.54) is 0 Å². The minimum atomic E-state index is -0.746. The fraction of sp³-hybridized carbons (Fsp3) is 0.278. The third-order valence-electron chi connectivity index (χ3n) is 7.07. The van der Waals surface area contributed by atoms with E-state index in [1.54, 1.807) is 7.11 Å². The third kappa shape index (κ3) is 9.10. The molecule has 0 aliphatic carbocycles. The zero-order valence-electron chi connectivity index (χ0n) is 24.2. The van der Waals surface area contributed by atoms with Gasteiger partial charge < -0.3 is 28.4 Å². The van der Waals surface area contributed by atoms with Crippen LogP contribution in [0.1, 0.15) is 22.3 Å². The molecule has 0 aromatic heterocycles. The van der Waals surface area contributed by atoms with Gasteiger partial charge in [0.2, 0.25) is 0 Å². The van der Waals surface area contributed by atoms with Crippen LogP contribution in [0.4, 0.5) is 0 Å². The number of ether oxygens (including phenoxy) is 6. The van der Waals surface area contributed by atoms with Gasteiger partial charge in [-0.15, -0.1) is 0 Å². The second kappa shape index (κ2) is 16.5. The number of halogens is 1. The summed E-state index contributed by atoms with van der Waals surface area (Å²) in [5.74, 6) is 0.565. The van der Waals surface area contributed by atoms with Crippen molar-refractivity contribution in [2.45, 2.75) is 51.0 Å². The molecule has 4 aromatic rings. The molecule has 5 rings (SSSR count). The van der Waals surface area contributed by atoms with Crippen molar-refractivity contribution in [3.63, 3.8) is 0 Å². The molecule has 0 saturated heterocycles. The molecule has 6 nitrogen and oxygen atoms in total. The van der Waals surface area contributed by atoms with Gasteiger partial charge in [0.05, 0.1) is 30.9 Å². The standard InChI is InChI=1S/C36H37BrO6/c1-38-36-32(37)34(41-24-29-18-10-4-11-19-29)35(42-25-30-20-12-5-13-21-30)33(40-23-28-16-8-3-9-17-28)31(43-36)26-39-22-27-14-6-2-7-15-27/h2-21,31,33,35-36H,22-26H2,1H3/t31-,33-,35+,36+/m1/s1. The lowest BCUT2D eigenvalue weighted by Gasteiger charge is -2.32. The molecule has 1 aliphatic rings. The summed E-state index contributed by atoms with van der Waals surface area (Å²) in [7, 11) is 1.60. The smallest absolute Gasteiger partial charge is 0.193 e. The summed E-state index contributed by atoms with van der Waals surface area (Å²) in [6.45, 7) is 1.74. The monoisotopic (exact) mass is 644 g/mol. The summed E-state index contributed by atoms with van der Waals surface area (Å²) in [4.78, 5) is 0. The first-order chi connectivity index (χ1) is 21.2. The van der Waals surface area contributed by atoms with Crippen LogP contribution in [0, 0.1) is 0 Å². The second-order valence-electron chi connectivity index (χ2n) is 10.2. The van der Waals surface area contributed by atoms with E-state index in [0.717, 1.165) is 22.3 Å². The van der Waals surface area contributed by atoms with Gasteiger partial charge in [0, 0.05) is 7.11 Å². The quantitative estimate of drug-likeness (QED) is 0.141. The van der Waals surface area contributed by atoms with Crippen molar-refractivity contribution in [3.05, 3.63) is 154 Å². The summed E-state index contributed by atoms with van der Waals surface area (Å²) in [6, 6.07) is 40.2. The van der Waals surface area contributed by atoms with Gasteiger partial charge in [-0.3, -0.25) is 0 Å². The highest BCUT2D eigenvalue weighted by Gasteiger charge is 2.43. The normalized spacial score (nSPS) is 20.5. The van der Waals surface area contributed by atoms with Crippen LogP contribution in [0.2, 0.25) is 0 Å². The molecule has 43 heavy (non-hydrogen) atoms. The average Bonchev–Trinajstić information content (AvgIpc) is 3.17. The molecule has 1 heterocycles. The molecule has 4 aromatic carbocycles. The summed E-state index contributed by atoms with van der Waals surface area (Å²) in [6.07, 6.45) is -2.50. The maximum Gasteiger partial charge on any atom is 0.193 e. The van der Waals surface area contributed by atoms with Gasteiger partial charge in [0.1, 0.15) is 30.7 Å². The van der Waals surface area contributed by atoms with Crippen LogP contribution in [-0.4, -0.2) is 38.3 Å². The highest BCUT2D eigenvalue weighted by atomic mass is 79.9. The molecule has 4 atom stereocenters. The van der Waals surface area contributed by atoms with Gasteiger partial charge in [0.15, 0.2) is 6.29 Å². The molecule has 0 bridgehead atoms. The van der Waals surface area contributed by atoms with Crippen molar-refractivity contribution in [3.8, 4) is 0 Å². The van der Waals surface area contributed by atoms with Crippen molar-refractivity contribution < 1.29 is 28.4 Å². The fourth-order valence-electron chi connectivity index (χ4n) is 4.83. The van der Waals surface area contributed by atoms with Gasteiger partial charge >= 0.3 is 0 Å². The van der Waals surface area contributed by atoms with Crippen LogP contribution in [-0.2, 0) is 54.8 Å². The van der Waals surface area contributed by atoms with Crippen molar-refractivity contribution in [2.75, 3.05) is 13.7 Å². The van der Waals surface area contributed by atoms with E-state index in [4.69, 9.17) is 28.4 Å². The molecule has 0 N–H and O–H groups in total. The van der Waals surface area contributed by atoms with Crippen LogP contribution < -0.4 is 0 Å². The van der Waals surface area contributed by atoms with Gasteiger partial charge in [-0.25, -0.2) is 0 Å². The lowest BCUT2D eigenvalue weighted by atomic mass is 10.1. The van der Waals surface area contributed by atoms with Crippen molar-refractivity contribution in [2.24, 2.45) is 0 Å². The topological polar surface area (TPSA) is 55.4 Å². The number of hydrogen-bond acceptors (Lipinski definition) is 6. The zero-order valence-corrected chi connectivity index (χ0v) is 25.8. The Morgan fingerprint density at radius 1 is 0.605 bits per heavy atom. The van der Waals surface area contributed by atoms with Crippen molar-refractivity contribution in [1.29, 1.82) is 0 Å². The first kappa shape index (κ1) is 31.1. The lowest BCUT2D eigenvalue weighted by molar-refractivity contribution is -0.201. The van der Waals surface area contributed by atoms with E-state index in [2.05, 4.69) is 15.9 Å². The molecule has 0 spiro atoms. The minimum absolute atomic E-state index is 0.256. The molecular formula is C36H37BrO6. The van der Waals surface area contributed by atoms with E-state index in [9.17, 15) is 0 Å². The maximum absolute atomic E-state index is 6.68. The van der Waals surface area contributed by atoms with Crippen LogP contribution in [0.3, 0.4) is 0 Å². The molecule has 0 radical (unpaired) electrons. The first-order valence-corrected chi connectivity index (χ1v) is 15.2. The van der Waals surface area contributed by atoms with Crippen LogP contribution in [0.5, 0.6) is 0 Å². The predicted molar refractivity (Wildman–Crippen MR) is 169 cm³/mol. The Morgan fingerprint density at radius 2 is 1.07 bits per heavy atom. The number of hydrogen-bond donors (Lipinski definition) is 0. The molecular weight excluding hydrogens is 608 g/mol. The van der Waals surface area contributed by atoms with E-state index >= 15 is 0 Å². The third-order valence-corrected chi connectivity index (χ3v) is 7.83. The Morgan fingerprint density at radius 3 is 1.58 bits per heavy atom. The Labute approximate surface area is 262 Å². The molecule has 224 valence electrons. The van der Waals surface area contributed by atoms with Gasteiger partial charge in [-0.05, 0) is 38.2 Å². The Kier molecular flexibility index (Phi) is 12.0. The SMILES string of the molecule is CO[C@H]1O[C@H](COCc2ccccc2)[C@@H](OCc2ccccc2)[C@H](OCc2ccccc2)C(OCc2ccccc2)=C1Br. The van der Waals surface area contributed by atoms with Crippen LogP contribution >= 0.6 is 15.9 Å². The molecule has 7 heteroatoms. The van der Waals surface area contributed by atoms with Gasteiger partial charge in [-0.2, -0.15) is 0 Å². The molecule has 0 amide bonds. The first-order valence-electron chi connectivity index (χ1n) is 14.4. The van der Waals surface area contributed by atoms with Gasteiger partial charge in [0.25, 0.3) is 0 Å². The lowest BCUT2D eigenvalue weighted by Crippen LogP contribution is -2.45. The zero-order chi connectivity index (χ0) is 29.7. The number of methoxy groups -OCH3 is 1. The molecule has 0 saturated carbocycles. The highest BCUT2D eigenvalue weighted by Crippen LogP contribution is 2.35. The largest absolute Gasteiger partial charge is 0.489 e. The average molecular weight is 646 g/mol. The maximum atomic E-state index is 6.68. The summed E-state index contributed by atoms with van der Waals surface area (Å²) in [5.41, 5.74) is 4.17. The Hall–Kier alpha value is -3.30. The van der Waals surface area contributed by atoms with Crippen molar-refractivity contribution in [1.82, 2.24) is 0 Å². The van der Waals surface area contributed by atoms with E-state index in [1.807, 2.05) is 121 Å². The minimum Gasteiger partial charge on any atom is -0.489 e. The Bertz CT molecular complexity index is 1380. The van der Waals surface area contributed by atoms with Crippen molar-refractivity contribution >= 4 is 15.9 Å². The fourth-order valence-corrected chi connectivity index (χ4v) is 5.47. The van der Waals surface area contributed by atoms with Crippen LogP contribution in [0.25, 0.3) is 0 Å². The number of benzene rings is 4. The number of rotatable bonds is 14. The van der Waals surface area contributed by atoms with E-state index in [0.29, 0.717) is 36.7 Å². The summed E-state index contributed by atoms with van der Waals surface area (Å²) in [5, 5.41) is 0. The highest BCUT2D eigenvalue weighted by molar-refractivity contribution is 9.11. The van der Waals surface area contributed by atoms with Crippen LogP contribution in [0.15, 0.2) is 132 Å². The molecule has 0 unspecified atom stereocenters. The van der Waals surface area contributed by atoms with E-state index in [-0.39, 0.29) is 6.61 Å². The summed E-state index contributed by atoms with van der Waals surface area (Å²) >= 11 is 3.76. The molecule has 1 aliphatic heterocycles. The van der Waals surface area contributed by atoms with E-state index < -0.39 is 24.6 Å². The predicted octanol–water partition coefficient (Wildman–Crippen LogP) is 7.57. The molecule has 0 fully saturated rings.